The fourth-order valence-electron chi connectivity index (χ4n) is 3.37. The highest BCUT2D eigenvalue weighted by Gasteiger charge is 2.15. The Labute approximate surface area is 177 Å². The van der Waals surface area contributed by atoms with Gasteiger partial charge in [0, 0.05) is 24.1 Å². The zero-order valence-corrected chi connectivity index (χ0v) is 17.8. The van der Waals surface area contributed by atoms with E-state index >= 15 is 0 Å². The van der Waals surface area contributed by atoms with Gasteiger partial charge < -0.3 is 24.1 Å². The molecule has 0 spiro atoms. The molecule has 0 aliphatic rings. The van der Waals surface area contributed by atoms with Crippen molar-refractivity contribution in [1.82, 2.24) is 4.98 Å². The number of nitrogens with zero attached hydrogens (tertiary/aromatic N) is 1. The van der Waals surface area contributed by atoms with E-state index in [1.165, 1.54) is 0 Å². The number of ether oxygens (including phenoxy) is 4. The standard InChI is InChI=1S/C24H27NO5/c1-27-21-9-7-16(12-23(21)29-3)19-14-18(6-5-11-26)25-15-20(19)17-8-10-22(28-2)24(13-17)30-4/h7-10,12-15,26H,5-6,11H2,1-4H3. The van der Waals surface area contributed by atoms with Gasteiger partial charge in [-0.3, -0.25) is 4.98 Å². The monoisotopic (exact) mass is 409 g/mol. The first-order valence-corrected chi connectivity index (χ1v) is 9.69. The molecule has 2 aromatic carbocycles. The van der Waals surface area contributed by atoms with E-state index in [-0.39, 0.29) is 6.61 Å². The number of rotatable bonds is 9. The lowest BCUT2D eigenvalue weighted by Gasteiger charge is -2.16. The molecule has 3 rings (SSSR count). The van der Waals surface area contributed by atoms with Gasteiger partial charge in [-0.15, -0.1) is 0 Å². The lowest BCUT2D eigenvalue weighted by atomic mass is 9.94. The van der Waals surface area contributed by atoms with Crippen LogP contribution in [-0.4, -0.2) is 45.1 Å². The third kappa shape index (κ3) is 4.49. The van der Waals surface area contributed by atoms with Gasteiger partial charge >= 0.3 is 0 Å². The first-order valence-electron chi connectivity index (χ1n) is 9.69. The van der Waals surface area contributed by atoms with Crippen molar-refractivity contribution in [2.45, 2.75) is 12.8 Å². The van der Waals surface area contributed by atoms with Gasteiger partial charge in [-0.1, -0.05) is 12.1 Å². The van der Waals surface area contributed by atoms with Crippen LogP contribution < -0.4 is 18.9 Å². The van der Waals surface area contributed by atoms with Crippen molar-refractivity contribution in [3.63, 3.8) is 0 Å². The predicted molar refractivity (Wildman–Crippen MR) is 117 cm³/mol. The van der Waals surface area contributed by atoms with Gasteiger partial charge in [-0.2, -0.15) is 0 Å². The molecule has 0 saturated heterocycles. The van der Waals surface area contributed by atoms with Gasteiger partial charge in [0.15, 0.2) is 23.0 Å². The van der Waals surface area contributed by atoms with Gasteiger partial charge in [0.05, 0.1) is 28.4 Å². The van der Waals surface area contributed by atoms with E-state index in [9.17, 15) is 5.11 Å². The van der Waals surface area contributed by atoms with Crippen molar-refractivity contribution in [3.05, 3.63) is 54.4 Å². The second-order valence-electron chi connectivity index (χ2n) is 6.69. The van der Waals surface area contributed by atoms with Gasteiger partial charge in [0.2, 0.25) is 0 Å². The number of benzene rings is 2. The van der Waals surface area contributed by atoms with E-state index in [2.05, 4.69) is 11.1 Å². The third-order valence-corrected chi connectivity index (χ3v) is 4.94. The highest BCUT2D eigenvalue weighted by atomic mass is 16.5. The molecule has 0 atom stereocenters. The average Bonchev–Trinajstić information content (AvgIpc) is 2.81. The molecule has 1 heterocycles. The molecule has 0 bridgehead atoms. The number of aromatic nitrogens is 1. The molecule has 30 heavy (non-hydrogen) atoms. The van der Waals surface area contributed by atoms with Crippen LogP contribution in [0.2, 0.25) is 0 Å². The summed E-state index contributed by atoms with van der Waals surface area (Å²) >= 11 is 0. The fourth-order valence-corrected chi connectivity index (χ4v) is 3.37. The van der Waals surface area contributed by atoms with Crippen LogP contribution in [0, 0.1) is 0 Å². The average molecular weight is 409 g/mol. The van der Waals surface area contributed by atoms with Crippen molar-refractivity contribution >= 4 is 0 Å². The molecule has 0 radical (unpaired) electrons. The van der Waals surface area contributed by atoms with Crippen molar-refractivity contribution in [3.8, 4) is 45.3 Å². The van der Waals surface area contributed by atoms with Gasteiger partial charge in [-0.25, -0.2) is 0 Å². The van der Waals surface area contributed by atoms with Crippen molar-refractivity contribution in [2.75, 3.05) is 35.0 Å². The summed E-state index contributed by atoms with van der Waals surface area (Å²) in [6.07, 6.45) is 3.22. The first-order chi connectivity index (χ1) is 14.6. The quantitative estimate of drug-likeness (QED) is 0.566. The number of aryl methyl sites for hydroxylation is 1. The Morgan fingerprint density at radius 3 is 1.73 bits per heavy atom. The van der Waals surface area contributed by atoms with Crippen molar-refractivity contribution in [1.29, 1.82) is 0 Å². The number of aliphatic hydroxyl groups is 1. The first kappa shape index (κ1) is 21.5. The van der Waals surface area contributed by atoms with Crippen LogP contribution in [-0.2, 0) is 6.42 Å². The second kappa shape index (κ2) is 9.98. The highest BCUT2D eigenvalue weighted by molar-refractivity contribution is 5.84. The smallest absolute Gasteiger partial charge is 0.161 e. The summed E-state index contributed by atoms with van der Waals surface area (Å²) in [7, 11) is 6.47. The third-order valence-electron chi connectivity index (χ3n) is 4.94. The van der Waals surface area contributed by atoms with Crippen molar-refractivity contribution < 1.29 is 24.1 Å². The molecule has 0 saturated carbocycles. The van der Waals surface area contributed by atoms with Crippen LogP contribution >= 0.6 is 0 Å². The summed E-state index contributed by atoms with van der Waals surface area (Å²) in [6.45, 7) is 0.130. The summed E-state index contributed by atoms with van der Waals surface area (Å²) < 4.78 is 21.7. The normalized spacial score (nSPS) is 10.6. The van der Waals surface area contributed by atoms with E-state index in [4.69, 9.17) is 18.9 Å². The number of hydrogen-bond acceptors (Lipinski definition) is 6. The van der Waals surface area contributed by atoms with Gasteiger partial charge in [0.25, 0.3) is 0 Å². The van der Waals surface area contributed by atoms with E-state index in [1.54, 1.807) is 28.4 Å². The highest BCUT2D eigenvalue weighted by Crippen LogP contribution is 2.39. The maximum absolute atomic E-state index is 9.20. The van der Waals surface area contributed by atoms with E-state index in [1.807, 2.05) is 42.6 Å². The Kier molecular flexibility index (Phi) is 7.14. The molecule has 3 aromatic rings. The van der Waals surface area contributed by atoms with Crippen LogP contribution in [0.15, 0.2) is 48.7 Å². The molecule has 1 aromatic heterocycles. The molecule has 6 nitrogen and oxygen atoms in total. The molecule has 0 aliphatic heterocycles. The van der Waals surface area contributed by atoms with E-state index in [0.717, 1.165) is 27.9 Å². The largest absolute Gasteiger partial charge is 0.493 e. The maximum atomic E-state index is 9.20. The summed E-state index contributed by atoms with van der Waals surface area (Å²) in [5, 5.41) is 9.20. The maximum Gasteiger partial charge on any atom is 0.161 e. The lowest BCUT2D eigenvalue weighted by Crippen LogP contribution is -1.97. The van der Waals surface area contributed by atoms with Crippen LogP contribution in [0.4, 0.5) is 0 Å². The van der Waals surface area contributed by atoms with Gasteiger partial charge in [-0.05, 0) is 59.9 Å². The van der Waals surface area contributed by atoms with Crippen LogP contribution in [0.1, 0.15) is 12.1 Å². The predicted octanol–water partition coefficient (Wildman–Crippen LogP) is 4.37. The summed E-state index contributed by atoms with van der Waals surface area (Å²) in [5.41, 5.74) is 4.81. The second-order valence-corrected chi connectivity index (χ2v) is 6.69. The minimum Gasteiger partial charge on any atom is -0.493 e. The van der Waals surface area contributed by atoms with Crippen LogP contribution in [0.25, 0.3) is 22.3 Å². The molecule has 1 N–H and O–H groups in total. The van der Waals surface area contributed by atoms with Gasteiger partial charge in [0.1, 0.15) is 0 Å². The molecule has 0 aliphatic carbocycles. The van der Waals surface area contributed by atoms with Crippen molar-refractivity contribution in [2.24, 2.45) is 0 Å². The molecule has 158 valence electrons. The number of methoxy groups -OCH3 is 4. The van der Waals surface area contributed by atoms with E-state index in [0.29, 0.717) is 35.8 Å². The summed E-state index contributed by atoms with van der Waals surface area (Å²) in [4.78, 5) is 4.61. The van der Waals surface area contributed by atoms with Crippen LogP contribution in [0.5, 0.6) is 23.0 Å². The molecular weight excluding hydrogens is 382 g/mol. The number of hydrogen-bond donors (Lipinski definition) is 1. The Morgan fingerprint density at radius 2 is 1.23 bits per heavy atom. The molecule has 0 unspecified atom stereocenters. The topological polar surface area (TPSA) is 70.0 Å². The Bertz CT molecular complexity index is 1000. The fraction of sp³-hybridized carbons (Fsp3) is 0.292. The number of pyridine rings is 1. The SMILES string of the molecule is COc1ccc(-c2cnc(CCCO)cc2-c2ccc(OC)c(OC)c2)cc1OC. The number of aliphatic hydroxyl groups excluding tert-OH is 1. The molecule has 0 fully saturated rings. The Hall–Kier alpha value is -3.25. The zero-order valence-electron chi connectivity index (χ0n) is 17.8. The minimum absolute atomic E-state index is 0.130. The molecular formula is C24H27NO5. The summed E-state index contributed by atoms with van der Waals surface area (Å²) in [6, 6.07) is 13.7. The summed E-state index contributed by atoms with van der Waals surface area (Å²) in [5.74, 6) is 2.64. The molecule has 0 amide bonds. The van der Waals surface area contributed by atoms with Crippen LogP contribution in [0.3, 0.4) is 0 Å². The molecule has 6 heteroatoms. The minimum atomic E-state index is 0.130. The lowest BCUT2D eigenvalue weighted by molar-refractivity contribution is 0.288. The van der Waals surface area contributed by atoms with E-state index < -0.39 is 0 Å². The Morgan fingerprint density at radius 1 is 0.700 bits per heavy atom. The zero-order chi connectivity index (χ0) is 21.5. The Balaban J connectivity index is 2.17.